The van der Waals surface area contributed by atoms with Gasteiger partial charge in [-0.05, 0) is 29.8 Å². The third-order valence-corrected chi connectivity index (χ3v) is 2.80. The molecule has 68 valence electrons. The van der Waals surface area contributed by atoms with Gasteiger partial charge in [-0.2, -0.15) is 0 Å². The number of thioether (sulfide) groups is 1. The number of hydrogen-bond acceptors (Lipinski definition) is 3. The Kier molecular flexibility index (Phi) is 2.54. The molecule has 0 N–H and O–H groups in total. The van der Waals surface area contributed by atoms with Crippen LogP contribution in [-0.4, -0.2) is 24.5 Å². The van der Waals surface area contributed by atoms with E-state index in [9.17, 15) is 0 Å². The maximum Gasteiger partial charge on any atom is 0.118 e. The largest absolute Gasteiger partial charge is 0.497 e. The number of aliphatic imine (C=N–C) groups is 1. The normalized spacial score (nSPS) is 15.6. The summed E-state index contributed by atoms with van der Waals surface area (Å²) in [6.07, 6.45) is 0. The van der Waals surface area contributed by atoms with Crippen LogP contribution < -0.4 is 4.74 Å². The van der Waals surface area contributed by atoms with Crippen LogP contribution in [0.5, 0.6) is 5.75 Å². The maximum absolute atomic E-state index is 5.09. The van der Waals surface area contributed by atoms with Gasteiger partial charge in [0.15, 0.2) is 0 Å². The summed E-state index contributed by atoms with van der Waals surface area (Å²) in [4.78, 5) is 4.40. The highest BCUT2D eigenvalue weighted by Gasteiger charge is 2.08. The lowest BCUT2D eigenvalue weighted by molar-refractivity contribution is 0.415. The van der Waals surface area contributed by atoms with Crippen molar-refractivity contribution in [2.45, 2.75) is 0 Å². The van der Waals surface area contributed by atoms with Crippen LogP contribution in [-0.2, 0) is 0 Å². The van der Waals surface area contributed by atoms with Gasteiger partial charge in [0.25, 0.3) is 0 Å². The van der Waals surface area contributed by atoms with Gasteiger partial charge in [0.05, 0.1) is 18.7 Å². The molecule has 13 heavy (non-hydrogen) atoms. The zero-order valence-electron chi connectivity index (χ0n) is 7.49. The topological polar surface area (TPSA) is 21.6 Å². The molecular formula is C10H11NOS. The van der Waals surface area contributed by atoms with Crippen LogP contribution >= 0.6 is 11.8 Å². The molecule has 1 aromatic rings. The van der Waals surface area contributed by atoms with E-state index in [0.717, 1.165) is 17.4 Å². The third-order valence-electron chi connectivity index (χ3n) is 2.01. The Morgan fingerprint density at radius 2 is 2.08 bits per heavy atom. The molecule has 1 aromatic carbocycles. The van der Waals surface area contributed by atoms with Crippen LogP contribution in [0.2, 0.25) is 0 Å². The lowest BCUT2D eigenvalue weighted by Gasteiger charge is -2.01. The van der Waals surface area contributed by atoms with Gasteiger partial charge >= 0.3 is 0 Å². The summed E-state index contributed by atoms with van der Waals surface area (Å²) in [5.74, 6) is 2.84. The third kappa shape index (κ3) is 1.86. The molecule has 2 rings (SSSR count). The molecule has 1 heterocycles. The Hall–Kier alpha value is -0.960. The fourth-order valence-corrected chi connectivity index (χ4v) is 2.06. The van der Waals surface area contributed by atoms with Crippen molar-refractivity contribution in [3.63, 3.8) is 0 Å². The maximum atomic E-state index is 5.09. The highest BCUT2D eigenvalue weighted by molar-refractivity contribution is 8.00. The predicted molar refractivity (Wildman–Crippen MR) is 56.9 cm³/mol. The number of benzene rings is 1. The van der Waals surface area contributed by atoms with Crippen LogP contribution in [0.3, 0.4) is 0 Å². The number of hydrogen-bond donors (Lipinski definition) is 0. The standard InChI is InChI=1S/C10H11NOS/c1-12-9-4-2-8(3-5-9)10-6-13-7-11-10/h2-5H,6-7H2,1H3. The molecule has 0 saturated carbocycles. The van der Waals surface area contributed by atoms with Crippen LogP contribution in [0.4, 0.5) is 0 Å². The Morgan fingerprint density at radius 3 is 2.62 bits per heavy atom. The van der Waals surface area contributed by atoms with E-state index < -0.39 is 0 Å². The zero-order chi connectivity index (χ0) is 9.10. The fraction of sp³-hybridized carbons (Fsp3) is 0.300. The van der Waals surface area contributed by atoms with Crippen LogP contribution in [0, 0.1) is 0 Å². The van der Waals surface area contributed by atoms with Crippen molar-refractivity contribution in [2.24, 2.45) is 4.99 Å². The minimum absolute atomic E-state index is 0.898. The Labute approximate surface area is 82.0 Å². The van der Waals surface area contributed by atoms with Crippen molar-refractivity contribution in [1.29, 1.82) is 0 Å². The molecule has 0 saturated heterocycles. The Morgan fingerprint density at radius 1 is 1.31 bits per heavy atom. The first kappa shape index (κ1) is 8.63. The van der Waals surface area contributed by atoms with Gasteiger partial charge in [-0.1, -0.05) is 0 Å². The molecule has 0 aliphatic carbocycles. The van der Waals surface area contributed by atoms with Crippen LogP contribution in [0.15, 0.2) is 29.3 Å². The van der Waals surface area contributed by atoms with Crippen molar-refractivity contribution in [3.05, 3.63) is 29.8 Å². The average Bonchev–Trinajstić information content (AvgIpc) is 2.71. The van der Waals surface area contributed by atoms with Crippen molar-refractivity contribution >= 4 is 17.5 Å². The molecule has 0 bridgehead atoms. The van der Waals surface area contributed by atoms with Gasteiger partial charge in [0.1, 0.15) is 5.75 Å². The molecular weight excluding hydrogens is 182 g/mol. The van der Waals surface area contributed by atoms with Gasteiger partial charge in [-0.3, -0.25) is 4.99 Å². The predicted octanol–water partition coefficient (Wildman–Crippen LogP) is 2.19. The molecule has 0 spiro atoms. The summed E-state index contributed by atoms with van der Waals surface area (Å²) in [6.45, 7) is 0. The van der Waals surface area contributed by atoms with E-state index in [-0.39, 0.29) is 0 Å². The molecule has 3 heteroatoms. The molecule has 0 amide bonds. The first-order valence-corrected chi connectivity index (χ1v) is 5.31. The van der Waals surface area contributed by atoms with Gasteiger partial charge in [0, 0.05) is 5.75 Å². The molecule has 0 atom stereocenters. The minimum atomic E-state index is 0.898. The second-order valence-corrected chi connectivity index (χ2v) is 3.77. The van der Waals surface area contributed by atoms with E-state index in [4.69, 9.17) is 4.74 Å². The summed E-state index contributed by atoms with van der Waals surface area (Å²) in [5.41, 5.74) is 2.42. The quantitative estimate of drug-likeness (QED) is 0.718. The van der Waals surface area contributed by atoms with Gasteiger partial charge in [-0.15, -0.1) is 11.8 Å². The van der Waals surface area contributed by atoms with Crippen molar-refractivity contribution in [2.75, 3.05) is 18.7 Å². The van der Waals surface area contributed by atoms with Crippen molar-refractivity contribution in [3.8, 4) is 5.75 Å². The summed E-state index contributed by atoms with van der Waals surface area (Å²) in [6, 6.07) is 8.06. The SMILES string of the molecule is COc1ccc(C2=NCSC2)cc1. The number of rotatable bonds is 2. The molecule has 0 unspecified atom stereocenters. The van der Waals surface area contributed by atoms with E-state index in [1.807, 2.05) is 23.9 Å². The molecule has 0 aromatic heterocycles. The first-order chi connectivity index (χ1) is 6.40. The van der Waals surface area contributed by atoms with E-state index in [0.29, 0.717) is 0 Å². The lowest BCUT2D eigenvalue weighted by atomic mass is 10.1. The van der Waals surface area contributed by atoms with Gasteiger partial charge in [0.2, 0.25) is 0 Å². The number of ether oxygens (including phenoxy) is 1. The number of methoxy groups -OCH3 is 1. The lowest BCUT2D eigenvalue weighted by Crippen LogP contribution is -1.99. The fourth-order valence-electron chi connectivity index (χ4n) is 1.27. The molecule has 1 aliphatic rings. The smallest absolute Gasteiger partial charge is 0.118 e. The molecule has 0 radical (unpaired) electrons. The Balaban J connectivity index is 2.22. The summed E-state index contributed by atoms with van der Waals surface area (Å²) < 4.78 is 5.09. The van der Waals surface area contributed by atoms with E-state index in [1.165, 1.54) is 11.3 Å². The van der Waals surface area contributed by atoms with Crippen LogP contribution in [0.25, 0.3) is 0 Å². The average molecular weight is 193 g/mol. The van der Waals surface area contributed by atoms with Gasteiger partial charge in [-0.25, -0.2) is 0 Å². The Bertz CT molecular complexity index is 318. The van der Waals surface area contributed by atoms with Crippen molar-refractivity contribution in [1.82, 2.24) is 0 Å². The second kappa shape index (κ2) is 3.83. The monoisotopic (exact) mass is 193 g/mol. The summed E-state index contributed by atoms with van der Waals surface area (Å²) >= 11 is 1.85. The molecule has 1 aliphatic heterocycles. The second-order valence-electron chi connectivity index (χ2n) is 2.81. The van der Waals surface area contributed by atoms with E-state index in [1.54, 1.807) is 7.11 Å². The van der Waals surface area contributed by atoms with Gasteiger partial charge < -0.3 is 4.74 Å². The first-order valence-electron chi connectivity index (χ1n) is 4.15. The summed E-state index contributed by atoms with van der Waals surface area (Å²) in [7, 11) is 1.68. The van der Waals surface area contributed by atoms with Crippen LogP contribution in [0.1, 0.15) is 5.56 Å². The highest BCUT2D eigenvalue weighted by atomic mass is 32.2. The van der Waals surface area contributed by atoms with E-state index in [2.05, 4.69) is 17.1 Å². The van der Waals surface area contributed by atoms with Crippen molar-refractivity contribution < 1.29 is 4.74 Å². The van der Waals surface area contributed by atoms with E-state index >= 15 is 0 Å². The summed E-state index contributed by atoms with van der Waals surface area (Å²) in [5, 5.41) is 0. The highest BCUT2D eigenvalue weighted by Crippen LogP contribution is 2.18. The molecule has 2 nitrogen and oxygen atoms in total. The zero-order valence-corrected chi connectivity index (χ0v) is 8.30. The molecule has 0 fully saturated rings. The minimum Gasteiger partial charge on any atom is -0.497 e. The number of nitrogens with zero attached hydrogens (tertiary/aromatic N) is 1.